The predicted octanol–water partition coefficient (Wildman–Crippen LogP) is 3.26. The fraction of sp³-hybridized carbons (Fsp3) is 0.474. The van der Waals surface area contributed by atoms with Crippen molar-refractivity contribution in [2.45, 2.75) is 82.1 Å². The molecule has 3 aliphatic rings. The van der Waals surface area contributed by atoms with Crippen LogP contribution in [0.5, 0.6) is 0 Å². The van der Waals surface area contributed by atoms with Gasteiger partial charge in [0, 0.05) is 20.0 Å². The molecule has 0 unspecified atom stereocenters. The van der Waals surface area contributed by atoms with E-state index in [0.29, 0.717) is 30.3 Å². The van der Waals surface area contributed by atoms with Gasteiger partial charge in [-0.3, -0.25) is 19.2 Å². The van der Waals surface area contributed by atoms with E-state index in [4.69, 9.17) is 9.47 Å². The minimum absolute atomic E-state index is 0.0305. The molecule has 13 nitrogen and oxygen atoms in total. The van der Waals surface area contributed by atoms with Crippen molar-refractivity contribution in [3.63, 3.8) is 0 Å². The zero-order valence-corrected chi connectivity index (χ0v) is 29.3. The number of allylic oxidation sites excluding steroid dienone is 1. The van der Waals surface area contributed by atoms with Gasteiger partial charge in [-0.05, 0) is 50.8 Å². The molecule has 13 heteroatoms. The van der Waals surface area contributed by atoms with E-state index >= 15 is 0 Å². The number of carbonyl (C=O) groups excluding carboxylic acids is 4. The second-order valence-corrected chi connectivity index (χ2v) is 13.7. The minimum Gasteiger partial charge on any atom is -0.455 e. The van der Waals surface area contributed by atoms with Gasteiger partial charge in [-0.25, -0.2) is 4.68 Å². The van der Waals surface area contributed by atoms with Crippen LogP contribution < -0.4 is 0 Å². The molecule has 6 rings (SSSR count). The third-order valence-electron chi connectivity index (χ3n) is 10.7. The summed E-state index contributed by atoms with van der Waals surface area (Å²) in [4.78, 5) is 61.2. The molecule has 1 N–H and O–H groups in total. The molecule has 8 atom stereocenters. The maximum Gasteiger partial charge on any atom is 0.313 e. The largest absolute Gasteiger partial charge is 0.455 e. The molecule has 51 heavy (non-hydrogen) atoms. The summed E-state index contributed by atoms with van der Waals surface area (Å²) in [6.45, 7) is 10.8. The van der Waals surface area contributed by atoms with E-state index in [2.05, 4.69) is 23.5 Å². The molecule has 3 aromatic rings. The first-order valence-electron chi connectivity index (χ1n) is 17.5. The number of aromatic nitrogens is 3. The second kappa shape index (κ2) is 14.8. The number of para-hydroxylation sites is 1. The van der Waals surface area contributed by atoms with Gasteiger partial charge >= 0.3 is 5.97 Å². The van der Waals surface area contributed by atoms with Crippen molar-refractivity contribution >= 4 is 34.7 Å². The molecule has 3 fully saturated rings. The Morgan fingerprint density at radius 3 is 2.55 bits per heavy atom. The van der Waals surface area contributed by atoms with Crippen LogP contribution in [0.4, 0.5) is 0 Å². The fourth-order valence-corrected chi connectivity index (χ4v) is 8.05. The van der Waals surface area contributed by atoms with Crippen LogP contribution in [0.3, 0.4) is 0 Å². The third-order valence-corrected chi connectivity index (χ3v) is 10.7. The molecule has 4 heterocycles. The van der Waals surface area contributed by atoms with Crippen LogP contribution in [-0.2, 0) is 35.3 Å². The van der Waals surface area contributed by atoms with E-state index in [0.717, 1.165) is 5.52 Å². The summed E-state index contributed by atoms with van der Waals surface area (Å²) in [6.07, 6.45) is 3.38. The number of benzene rings is 2. The lowest BCUT2D eigenvalue weighted by Gasteiger charge is -2.38. The summed E-state index contributed by atoms with van der Waals surface area (Å²) in [7, 11) is 1.68. The standard InChI is InChI=1S/C38H46N6O7/c1-6-8-18-30(46)41(5)25(4)33(26-14-10-9-11-15-26)50-37(49)31-29-19-20-38(51-29)32(31)35(47)44(24(3)22-45)34(38)36(48)42(21-7-2)23-43-28-17-13-12-16-27(28)39-40-43/h6-7,9-17,24-25,29,31-34,45H,1-2,8,18-23H2,3-5H3/t24-,25-,29+,31-,32-,33+,34+,38-/m1/s1. The van der Waals surface area contributed by atoms with Crippen molar-refractivity contribution in [2.24, 2.45) is 11.8 Å². The van der Waals surface area contributed by atoms with Crippen molar-refractivity contribution in [2.75, 3.05) is 20.2 Å². The van der Waals surface area contributed by atoms with E-state index < -0.39 is 72.2 Å². The monoisotopic (exact) mass is 698 g/mol. The van der Waals surface area contributed by atoms with Crippen molar-refractivity contribution in [3.8, 4) is 0 Å². The number of ether oxygens (including phenoxy) is 2. The molecule has 1 aromatic heterocycles. The number of esters is 1. The molecule has 3 amide bonds. The SMILES string of the molecule is C=CCCC(=O)N(C)[C@H](C)[C@H](OC(=O)[C@@H]1[C@@H]2CC[C@]3(O2)[C@H](C(=O)N(CC=C)Cn2nnc4ccccc42)N([C@H](C)CO)C(=O)[C@@H]13)c1ccccc1. The number of amides is 3. The fourth-order valence-electron chi connectivity index (χ4n) is 8.05. The maximum absolute atomic E-state index is 14.7. The van der Waals surface area contributed by atoms with Gasteiger partial charge in [0.2, 0.25) is 17.7 Å². The third kappa shape index (κ3) is 6.33. The summed E-state index contributed by atoms with van der Waals surface area (Å²) in [6, 6.07) is 14.2. The molecule has 2 bridgehead atoms. The highest BCUT2D eigenvalue weighted by Crippen LogP contribution is 2.59. The number of hydrogen-bond donors (Lipinski definition) is 1. The van der Waals surface area contributed by atoms with Gasteiger partial charge in [0.15, 0.2) is 0 Å². The lowest BCUT2D eigenvalue weighted by Crippen LogP contribution is -2.58. The average Bonchev–Trinajstić information content (AvgIpc) is 3.91. The van der Waals surface area contributed by atoms with E-state index in [1.807, 2.05) is 61.5 Å². The highest BCUT2D eigenvalue weighted by atomic mass is 16.6. The lowest BCUT2D eigenvalue weighted by molar-refractivity contribution is -0.165. The second-order valence-electron chi connectivity index (χ2n) is 13.7. The Morgan fingerprint density at radius 2 is 1.84 bits per heavy atom. The number of aliphatic hydroxyl groups excluding tert-OH is 1. The Hall–Kier alpha value is -4.88. The van der Waals surface area contributed by atoms with Gasteiger partial charge in [-0.2, -0.15) is 0 Å². The van der Waals surface area contributed by atoms with Gasteiger partial charge in [0.05, 0.1) is 42.1 Å². The molecular weight excluding hydrogens is 652 g/mol. The normalized spacial score (nSPS) is 25.3. The Kier molecular flexibility index (Phi) is 10.4. The number of likely N-dealkylation sites (tertiary alicyclic amines) is 1. The van der Waals surface area contributed by atoms with Crippen molar-refractivity contribution in [1.29, 1.82) is 0 Å². The van der Waals surface area contributed by atoms with E-state index in [-0.39, 0.29) is 25.5 Å². The molecule has 270 valence electrons. The molecule has 2 aromatic carbocycles. The first-order chi connectivity index (χ1) is 24.6. The van der Waals surface area contributed by atoms with Crippen LogP contribution in [-0.4, -0.2) is 109 Å². The minimum atomic E-state index is -1.32. The summed E-state index contributed by atoms with van der Waals surface area (Å²) in [5.41, 5.74) is 0.779. The molecule has 3 saturated heterocycles. The van der Waals surface area contributed by atoms with Gasteiger partial charge in [0.25, 0.3) is 0 Å². The summed E-state index contributed by atoms with van der Waals surface area (Å²) < 4.78 is 14.5. The van der Waals surface area contributed by atoms with Crippen molar-refractivity contribution in [3.05, 3.63) is 85.5 Å². The zero-order valence-electron chi connectivity index (χ0n) is 29.3. The summed E-state index contributed by atoms with van der Waals surface area (Å²) in [5.74, 6) is -3.60. The number of rotatable bonds is 15. The number of aliphatic hydroxyl groups is 1. The quantitative estimate of drug-likeness (QED) is 0.187. The molecule has 3 aliphatic heterocycles. The van der Waals surface area contributed by atoms with Crippen LogP contribution in [0.2, 0.25) is 0 Å². The Labute approximate surface area is 297 Å². The highest BCUT2D eigenvalue weighted by molar-refractivity contribution is 5.98. The number of likely N-dealkylation sites (N-methyl/N-ethyl adjacent to an activating group) is 1. The Morgan fingerprint density at radius 1 is 1.12 bits per heavy atom. The lowest BCUT2D eigenvalue weighted by atomic mass is 9.70. The number of carbonyl (C=O) groups is 4. The first kappa shape index (κ1) is 35.9. The number of fused-ring (bicyclic) bond motifs is 2. The van der Waals surface area contributed by atoms with Crippen molar-refractivity contribution < 1.29 is 33.8 Å². The number of hydrogen-bond acceptors (Lipinski definition) is 9. The van der Waals surface area contributed by atoms with Crippen LogP contribution in [0.25, 0.3) is 11.0 Å². The summed E-state index contributed by atoms with van der Waals surface area (Å²) in [5, 5.41) is 18.8. The average molecular weight is 699 g/mol. The maximum atomic E-state index is 14.7. The zero-order chi connectivity index (χ0) is 36.4. The molecule has 0 radical (unpaired) electrons. The van der Waals surface area contributed by atoms with E-state index in [1.165, 1.54) is 9.80 Å². The topological polar surface area (TPSA) is 147 Å². The number of nitrogens with zero attached hydrogens (tertiary/aromatic N) is 6. The van der Waals surface area contributed by atoms with Crippen LogP contribution in [0, 0.1) is 11.8 Å². The highest BCUT2D eigenvalue weighted by Gasteiger charge is 2.75. The first-order valence-corrected chi connectivity index (χ1v) is 17.5. The Balaban J connectivity index is 1.32. The summed E-state index contributed by atoms with van der Waals surface area (Å²) >= 11 is 0. The van der Waals surface area contributed by atoms with Crippen molar-refractivity contribution in [1.82, 2.24) is 29.7 Å². The van der Waals surface area contributed by atoms with Gasteiger partial charge in [0.1, 0.15) is 29.9 Å². The van der Waals surface area contributed by atoms with Gasteiger partial charge in [-0.1, -0.05) is 59.8 Å². The molecule has 0 saturated carbocycles. The van der Waals surface area contributed by atoms with Gasteiger partial charge in [-0.15, -0.1) is 18.3 Å². The molecular formula is C38H46N6O7. The van der Waals surface area contributed by atoms with Crippen LogP contribution >= 0.6 is 0 Å². The molecule has 1 spiro atoms. The predicted molar refractivity (Wildman–Crippen MR) is 187 cm³/mol. The van der Waals surface area contributed by atoms with E-state index in [9.17, 15) is 24.3 Å². The van der Waals surface area contributed by atoms with Crippen LogP contribution in [0.1, 0.15) is 51.2 Å². The molecule has 0 aliphatic carbocycles. The van der Waals surface area contributed by atoms with E-state index in [1.54, 1.807) is 35.7 Å². The van der Waals surface area contributed by atoms with Gasteiger partial charge < -0.3 is 29.3 Å². The van der Waals surface area contributed by atoms with Crippen LogP contribution in [0.15, 0.2) is 79.9 Å². The smallest absolute Gasteiger partial charge is 0.313 e. The Bertz CT molecular complexity index is 1800.